The fraction of sp³-hybridized carbons (Fsp3) is 0.435. The van der Waals surface area contributed by atoms with Crippen molar-refractivity contribution in [3.63, 3.8) is 0 Å². The normalized spacial score (nSPS) is 12.4. The highest BCUT2D eigenvalue weighted by Gasteiger charge is 2.37. The van der Waals surface area contributed by atoms with Crippen LogP contribution < -0.4 is 15.5 Å². The van der Waals surface area contributed by atoms with Gasteiger partial charge < -0.3 is 20.1 Å². The second-order valence-corrected chi connectivity index (χ2v) is 9.97. The molecule has 0 saturated heterocycles. The minimum absolute atomic E-state index is 0.105. The quantitative estimate of drug-likeness (QED) is 0.344. The highest BCUT2D eigenvalue weighted by Crippen LogP contribution is 2.37. The van der Waals surface area contributed by atoms with Crippen molar-refractivity contribution >= 4 is 27.5 Å². The molecule has 37 heavy (non-hydrogen) atoms. The van der Waals surface area contributed by atoms with Crippen molar-refractivity contribution in [1.82, 2.24) is 0 Å². The highest BCUT2D eigenvalue weighted by molar-refractivity contribution is 7.85. The Hall–Kier alpha value is -2.84. The molecule has 2 rings (SSSR count). The third-order valence-corrected chi connectivity index (χ3v) is 5.95. The number of amides is 2. The zero-order chi connectivity index (χ0) is 28.8. The molecule has 0 aliphatic heterocycles. The minimum atomic E-state index is -5.09. The molecule has 0 fully saturated rings. The van der Waals surface area contributed by atoms with Gasteiger partial charge in [-0.1, -0.05) is 6.07 Å². The number of benzene rings is 2. The zero-order valence-corrected chi connectivity index (χ0v) is 21.5. The predicted octanol–water partition coefficient (Wildman–Crippen LogP) is 4.98. The number of anilines is 2. The smallest absolute Gasteiger partial charge is 0.416 e. The van der Waals surface area contributed by atoms with E-state index in [9.17, 15) is 44.1 Å². The summed E-state index contributed by atoms with van der Waals surface area (Å²) in [7, 11) is -4.84. The SMILES string of the molecule is CC[NH+](C(C)C)C(C)C.O=C(Nc1cc(C(F)(F)F)cc(C(F)(F)F)c1)Nc1cccc(S(=O)(=O)[O-])c1. The Balaban J connectivity index is 0.000000649. The number of quaternary nitrogens is 1. The van der Waals surface area contributed by atoms with Crippen molar-refractivity contribution in [2.45, 2.75) is 64.0 Å². The summed E-state index contributed by atoms with van der Waals surface area (Å²) in [5.41, 5.74) is -4.28. The van der Waals surface area contributed by atoms with Gasteiger partial charge in [-0.15, -0.1) is 0 Å². The van der Waals surface area contributed by atoms with Gasteiger partial charge in [0.2, 0.25) is 0 Å². The van der Waals surface area contributed by atoms with E-state index in [0.717, 1.165) is 36.3 Å². The first-order chi connectivity index (χ1) is 16.8. The summed E-state index contributed by atoms with van der Waals surface area (Å²) in [6, 6.07) is 4.75. The monoisotopic (exact) mass is 557 g/mol. The maximum atomic E-state index is 12.8. The number of halogens is 6. The molecule has 14 heteroatoms. The average molecular weight is 558 g/mol. The molecule has 208 valence electrons. The molecule has 3 N–H and O–H groups in total. The van der Waals surface area contributed by atoms with Gasteiger partial charge in [-0.05, 0) is 71.0 Å². The summed E-state index contributed by atoms with van der Waals surface area (Å²) in [4.78, 5) is 12.9. The number of hydrogen-bond acceptors (Lipinski definition) is 4. The third kappa shape index (κ3) is 10.6. The van der Waals surface area contributed by atoms with Gasteiger partial charge in [0.05, 0.1) is 34.7 Å². The molecule has 0 radical (unpaired) electrons. The van der Waals surface area contributed by atoms with E-state index in [0.29, 0.717) is 12.1 Å². The Kier molecular flexibility index (Phi) is 11.0. The lowest BCUT2D eigenvalue weighted by molar-refractivity contribution is -0.940. The van der Waals surface area contributed by atoms with Crippen LogP contribution in [0.25, 0.3) is 0 Å². The van der Waals surface area contributed by atoms with Crippen LogP contribution in [-0.4, -0.2) is 37.6 Å². The Morgan fingerprint density at radius 2 is 1.32 bits per heavy atom. The number of rotatable bonds is 6. The Bertz CT molecular complexity index is 1130. The van der Waals surface area contributed by atoms with Crippen LogP contribution in [-0.2, 0) is 22.5 Å². The van der Waals surface area contributed by atoms with E-state index in [1.807, 2.05) is 5.32 Å². The van der Waals surface area contributed by atoms with Crippen LogP contribution in [0.1, 0.15) is 45.7 Å². The number of carbonyl (C=O) groups is 1. The van der Waals surface area contributed by atoms with Gasteiger partial charge in [0, 0.05) is 11.4 Å². The zero-order valence-electron chi connectivity index (χ0n) is 20.7. The molecule has 7 nitrogen and oxygen atoms in total. The first-order valence-electron chi connectivity index (χ1n) is 11.0. The van der Waals surface area contributed by atoms with E-state index in [2.05, 4.69) is 34.6 Å². The number of hydrogen-bond donors (Lipinski definition) is 3. The van der Waals surface area contributed by atoms with E-state index in [-0.39, 0.29) is 11.8 Å². The standard InChI is InChI=1S/C15H10F6N2O4S.C8H19N/c16-14(17,18)8-4-9(15(19,20)21)6-11(5-8)23-13(24)22-10-2-1-3-12(7-10)28(25,26)27;1-6-9(7(2)3)8(4)5/h1-7H,(H2,22,23,24)(H,25,26,27);7-8H,6H2,1-5H3. The largest absolute Gasteiger partial charge is 0.744 e. The molecule has 0 aliphatic rings. The lowest BCUT2D eigenvalue weighted by atomic mass is 10.1. The maximum absolute atomic E-state index is 12.8. The summed E-state index contributed by atoms with van der Waals surface area (Å²) in [6.07, 6.45) is -10.2. The summed E-state index contributed by atoms with van der Waals surface area (Å²) < 4.78 is 110. The van der Waals surface area contributed by atoms with Gasteiger partial charge in [-0.3, -0.25) is 0 Å². The number of carbonyl (C=O) groups excluding carboxylic acids is 1. The molecule has 2 amide bonds. The number of urea groups is 1. The lowest BCUT2D eigenvalue weighted by Crippen LogP contribution is -3.17. The van der Waals surface area contributed by atoms with Crippen LogP contribution in [0.2, 0.25) is 0 Å². The molecule has 0 heterocycles. The summed E-state index contributed by atoms with van der Waals surface area (Å²) in [5, 5.41) is 3.80. The van der Waals surface area contributed by atoms with Crippen molar-refractivity contribution in [3.05, 3.63) is 53.6 Å². The van der Waals surface area contributed by atoms with Crippen LogP contribution in [0.3, 0.4) is 0 Å². The first-order valence-corrected chi connectivity index (χ1v) is 12.5. The van der Waals surface area contributed by atoms with Crippen LogP contribution in [0.5, 0.6) is 0 Å². The minimum Gasteiger partial charge on any atom is -0.744 e. The van der Waals surface area contributed by atoms with E-state index < -0.39 is 50.2 Å². The molecule has 0 atom stereocenters. The third-order valence-electron chi connectivity index (χ3n) is 5.12. The summed E-state index contributed by atoms with van der Waals surface area (Å²) >= 11 is 0. The lowest BCUT2D eigenvalue weighted by Gasteiger charge is -2.25. The summed E-state index contributed by atoms with van der Waals surface area (Å²) in [6.45, 7) is 12.6. The van der Waals surface area contributed by atoms with Gasteiger partial charge in [0.25, 0.3) is 0 Å². The van der Waals surface area contributed by atoms with E-state index in [1.165, 1.54) is 6.54 Å². The molecule has 2 aromatic rings. The fourth-order valence-corrected chi connectivity index (χ4v) is 4.05. The first kappa shape index (κ1) is 32.2. The van der Waals surface area contributed by atoms with Gasteiger partial charge in [-0.2, -0.15) is 26.3 Å². The summed E-state index contributed by atoms with van der Waals surface area (Å²) in [5.74, 6) is 0. The molecule has 0 unspecified atom stereocenters. The van der Waals surface area contributed by atoms with Crippen molar-refractivity contribution in [3.8, 4) is 0 Å². The number of nitrogens with one attached hydrogen (secondary N) is 3. The predicted molar refractivity (Wildman–Crippen MR) is 125 cm³/mol. The second-order valence-electron chi connectivity index (χ2n) is 8.59. The van der Waals surface area contributed by atoms with Crippen molar-refractivity contribution < 1.29 is 49.0 Å². The van der Waals surface area contributed by atoms with Crippen LogP contribution in [0.4, 0.5) is 42.5 Å². The molecule has 0 spiro atoms. The molecular formula is C23H29F6N3O4S. The van der Waals surface area contributed by atoms with Crippen LogP contribution >= 0.6 is 0 Å². The molecule has 0 aromatic heterocycles. The number of alkyl halides is 6. The van der Waals surface area contributed by atoms with Crippen LogP contribution in [0.15, 0.2) is 47.4 Å². The van der Waals surface area contributed by atoms with Crippen molar-refractivity contribution in [1.29, 1.82) is 0 Å². The fourth-order valence-electron chi connectivity index (χ4n) is 3.53. The maximum Gasteiger partial charge on any atom is 0.416 e. The molecule has 0 saturated carbocycles. The Morgan fingerprint density at radius 1 is 0.865 bits per heavy atom. The molecular weight excluding hydrogens is 528 g/mol. The van der Waals surface area contributed by atoms with Gasteiger partial charge in [0.15, 0.2) is 0 Å². The van der Waals surface area contributed by atoms with Crippen molar-refractivity contribution in [2.75, 3.05) is 17.2 Å². The molecule has 0 bridgehead atoms. The van der Waals surface area contributed by atoms with E-state index in [1.54, 1.807) is 10.2 Å². The molecule has 0 aliphatic carbocycles. The van der Waals surface area contributed by atoms with Crippen LogP contribution in [0, 0.1) is 0 Å². The average Bonchev–Trinajstić information content (AvgIpc) is 2.72. The second kappa shape index (κ2) is 12.6. The van der Waals surface area contributed by atoms with E-state index in [4.69, 9.17) is 0 Å². The van der Waals surface area contributed by atoms with Gasteiger partial charge >= 0.3 is 18.4 Å². The van der Waals surface area contributed by atoms with E-state index >= 15 is 0 Å². The Morgan fingerprint density at radius 3 is 1.68 bits per heavy atom. The van der Waals surface area contributed by atoms with Crippen molar-refractivity contribution in [2.24, 2.45) is 0 Å². The Labute approximate surface area is 211 Å². The van der Waals surface area contributed by atoms with Gasteiger partial charge in [-0.25, -0.2) is 13.2 Å². The van der Waals surface area contributed by atoms with Gasteiger partial charge in [0.1, 0.15) is 10.1 Å². The molecule has 2 aromatic carbocycles. The topological polar surface area (TPSA) is 103 Å². The highest BCUT2D eigenvalue weighted by atomic mass is 32.2.